The highest BCUT2D eigenvalue weighted by atomic mass is 16.5. The summed E-state index contributed by atoms with van der Waals surface area (Å²) < 4.78 is 5.21. The highest BCUT2D eigenvalue weighted by molar-refractivity contribution is 6.30. The highest BCUT2D eigenvalue weighted by Crippen LogP contribution is 2.44. The number of hydrogen-bond donors (Lipinski definition) is 1. The van der Waals surface area contributed by atoms with Gasteiger partial charge in [0.15, 0.2) is 11.6 Å². The molecule has 1 aliphatic heterocycles. The predicted molar refractivity (Wildman–Crippen MR) is 93.5 cm³/mol. The number of rotatable bonds is 2. The Morgan fingerprint density at radius 1 is 1.16 bits per heavy atom. The van der Waals surface area contributed by atoms with Crippen LogP contribution in [0.5, 0.6) is 0 Å². The lowest BCUT2D eigenvalue weighted by Gasteiger charge is -2.32. The number of carbonyl (C=O) groups is 3. The van der Waals surface area contributed by atoms with E-state index in [-0.39, 0.29) is 29.2 Å². The number of fused-ring (bicyclic) bond motifs is 1. The van der Waals surface area contributed by atoms with Crippen LogP contribution in [0.15, 0.2) is 35.4 Å². The predicted octanol–water partition coefficient (Wildman–Crippen LogP) is 2.70. The van der Waals surface area contributed by atoms with Crippen molar-refractivity contribution in [2.45, 2.75) is 46.2 Å². The second kappa shape index (κ2) is 5.63. The minimum atomic E-state index is -1.33. The Labute approximate surface area is 147 Å². The van der Waals surface area contributed by atoms with Crippen molar-refractivity contribution in [1.82, 2.24) is 5.32 Å². The molecular weight excluding hydrogens is 318 g/mol. The van der Waals surface area contributed by atoms with Crippen molar-refractivity contribution in [3.63, 3.8) is 0 Å². The lowest BCUT2D eigenvalue weighted by Crippen LogP contribution is -2.54. The summed E-state index contributed by atoms with van der Waals surface area (Å²) in [6.45, 7) is 9.48. The van der Waals surface area contributed by atoms with Crippen LogP contribution in [-0.4, -0.2) is 35.7 Å². The van der Waals surface area contributed by atoms with E-state index in [0.29, 0.717) is 16.7 Å². The molecule has 0 saturated heterocycles. The van der Waals surface area contributed by atoms with Gasteiger partial charge in [0.1, 0.15) is 5.54 Å². The lowest BCUT2D eigenvalue weighted by atomic mass is 9.74. The molecule has 2 atom stereocenters. The van der Waals surface area contributed by atoms with Crippen LogP contribution < -0.4 is 5.32 Å². The molecule has 2 aliphatic rings. The molecule has 0 amide bonds. The van der Waals surface area contributed by atoms with Gasteiger partial charge in [-0.3, -0.25) is 14.9 Å². The normalized spacial score (nSPS) is 25.7. The van der Waals surface area contributed by atoms with E-state index in [2.05, 4.69) is 5.32 Å². The third kappa shape index (κ3) is 2.45. The summed E-state index contributed by atoms with van der Waals surface area (Å²) in [7, 11) is 0. The topological polar surface area (TPSA) is 72.5 Å². The number of hydrogen-bond acceptors (Lipinski definition) is 5. The van der Waals surface area contributed by atoms with Gasteiger partial charge in [0.25, 0.3) is 0 Å². The first kappa shape index (κ1) is 17.5. The molecule has 0 radical (unpaired) electrons. The van der Waals surface area contributed by atoms with Crippen LogP contribution in [0.2, 0.25) is 0 Å². The zero-order chi connectivity index (χ0) is 18.6. The Kier molecular flexibility index (Phi) is 3.95. The molecule has 5 heteroatoms. The zero-order valence-electron chi connectivity index (χ0n) is 15.2. The number of Topliss-reactive ketones (excluding diaryl/α,β-unsaturated/α-hetero) is 2. The van der Waals surface area contributed by atoms with E-state index in [1.54, 1.807) is 38.1 Å². The second-order valence-electron chi connectivity index (χ2n) is 7.78. The summed E-state index contributed by atoms with van der Waals surface area (Å²) in [6.07, 6.45) is 0. The van der Waals surface area contributed by atoms with Crippen molar-refractivity contribution in [1.29, 1.82) is 0 Å². The fourth-order valence-corrected chi connectivity index (χ4v) is 3.69. The first-order chi connectivity index (χ1) is 11.6. The number of carbonyl (C=O) groups excluding carboxylic acids is 3. The van der Waals surface area contributed by atoms with Crippen LogP contribution in [0.1, 0.15) is 55.3 Å². The lowest BCUT2D eigenvalue weighted by molar-refractivity contribution is -0.148. The molecule has 1 heterocycles. The van der Waals surface area contributed by atoms with Gasteiger partial charge in [0.2, 0.25) is 0 Å². The van der Waals surface area contributed by atoms with Crippen molar-refractivity contribution in [2.24, 2.45) is 5.41 Å². The molecule has 0 saturated carbocycles. The number of ether oxygens (including phenoxy) is 1. The van der Waals surface area contributed by atoms with E-state index < -0.39 is 17.6 Å². The SMILES string of the molecule is CCOC(=O)[C@]1(C)N[C@H](C(C)(C)C)C2=C1C(=O)c1ccccc1C2=O. The standard InChI is InChI=1S/C20H23NO4/c1-6-25-18(24)20(5)14-13(17(21-20)19(2,3)4)15(22)11-9-7-8-10-12(11)16(14)23/h7-10,17,21H,6H2,1-5H3/t17-,20+/m0/s1. The summed E-state index contributed by atoms with van der Waals surface area (Å²) in [5, 5.41) is 3.24. The molecule has 132 valence electrons. The van der Waals surface area contributed by atoms with Gasteiger partial charge in [-0.05, 0) is 19.3 Å². The molecule has 0 aromatic heterocycles. The Bertz CT molecular complexity index is 815. The molecule has 3 rings (SSSR count). The fraction of sp³-hybridized carbons (Fsp3) is 0.450. The van der Waals surface area contributed by atoms with Gasteiger partial charge in [-0.25, -0.2) is 4.79 Å². The van der Waals surface area contributed by atoms with Crippen molar-refractivity contribution in [3.05, 3.63) is 46.5 Å². The fourth-order valence-electron chi connectivity index (χ4n) is 3.69. The van der Waals surface area contributed by atoms with Crippen molar-refractivity contribution >= 4 is 17.5 Å². The van der Waals surface area contributed by atoms with Gasteiger partial charge >= 0.3 is 5.97 Å². The second-order valence-corrected chi connectivity index (χ2v) is 7.78. The van der Waals surface area contributed by atoms with E-state index in [9.17, 15) is 14.4 Å². The summed E-state index contributed by atoms with van der Waals surface area (Å²) in [6, 6.07) is 6.35. The van der Waals surface area contributed by atoms with Crippen molar-refractivity contribution < 1.29 is 19.1 Å². The Balaban J connectivity index is 2.26. The van der Waals surface area contributed by atoms with E-state index >= 15 is 0 Å². The first-order valence-corrected chi connectivity index (χ1v) is 8.51. The van der Waals surface area contributed by atoms with E-state index in [1.807, 2.05) is 20.8 Å². The maximum absolute atomic E-state index is 13.2. The molecule has 1 N–H and O–H groups in total. The molecule has 1 aliphatic carbocycles. The molecule has 25 heavy (non-hydrogen) atoms. The van der Waals surface area contributed by atoms with Crippen LogP contribution >= 0.6 is 0 Å². The maximum Gasteiger partial charge on any atom is 0.330 e. The summed E-state index contributed by atoms with van der Waals surface area (Å²) >= 11 is 0. The van der Waals surface area contributed by atoms with Gasteiger partial charge in [-0.2, -0.15) is 0 Å². The third-order valence-electron chi connectivity index (χ3n) is 4.93. The number of benzene rings is 1. The molecule has 0 spiro atoms. The molecule has 0 bridgehead atoms. The Morgan fingerprint density at radius 3 is 2.24 bits per heavy atom. The van der Waals surface area contributed by atoms with Crippen molar-refractivity contribution in [2.75, 3.05) is 6.61 Å². The van der Waals surface area contributed by atoms with E-state index in [1.165, 1.54) is 0 Å². The van der Waals surface area contributed by atoms with Gasteiger partial charge < -0.3 is 4.74 Å². The van der Waals surface area contributed by atoms with Crippen LogP contribution in [0.25, 0.3) is 0 Å². The largest absolute Gasteiger partial charge is 0.464 e. The summed E-state index contributed by atoms with van der Waals surface area (Å²) in [5.74, 6) is -1.000. The summed E-state index contributed by atoms with van der Waals surface area (Å²) in [4.78, 5) is 39.0. The quantitative estimate of drug-likeness (QED) is 0.838. The molecule has 1 aromatic carbocycles. The van der Waals surface area contributed by atoms with Gasteiger partial charge in [0, 0.05) is 28.3 Å². The Hall–Kier alpha value is -2.27. The van der Waals surface area contributed by atoms with Crippen molar-refractivity contribution in [3.8, 4) is 0 Å². The van der Waals surface area contributed by atoms with Crippen LogP contribution in [0, 0.1) is 5.41 Å². The van der Waals surface area contributed by atoms with Crippen LogP contribution in [-0.2, 0) is 9.53 Å². The molecule has 1 aromatic rings. The Morgan fingerprint density at radius 2 is 1.72 bits per heavy atom. The van der Waals surface area contributed by atoms with Crippen LogP contribution in [0.3, 0.4) is 0 Å². The van der Waals surface area contributed by atoms with Gasteiger partial charge in [-0.15, -0.1) is 0 Å². The van der Waals surface area contributed by atoms with E-state index in [0.717, 1.165) is 0 Å². The highest BCUT2D eigenvalue weighted by Gasteiger charge is 2.57. The van der Waals surface area contributed by atoms with Gasteiger partial charge in [0.05, 0.1) is 6.61 Å². The maximum atomic E-state index is 13.2. The average Bonchev–Trinajstić information content (AvgIpc) is 2.88. The molecule has 5 nitrogen and oxygen atoms in total. The molecule has 0 fully saturated rings. The first-order valence-electron chi connectivity index (χ1n) is 8.51. The molecular formula is C20H23NO4. The number of ketones is 2. The minimum absolute atomic E-state index is 0.189. The van der Waals surface area contributed by atoms with Crippen LogP contribution in [0.4, 0.5) is 0 Å². The zero-order valence-corrected chi connectivity index (χ0v) is 15.2. The smallest absolute Gasteiger partial charge is 0.330 e. The van der Waals surface area contributed by atoms with E-state index in [4.69, 9.17) is 4.74 Å². The minimum Gasteiger partial charge on any atom is -0.464 e. The monoisotopic (exact) mass is 341 g/mol. The number of esters is 1. The van der Waals surface area contributed by atoms with Gasteiger partial charge in [-0.1, -0.05) is 45.0 Å². The molecule has 0 unspecified atom stereocenters. The summed E-state index contributed by atoms with van der Waals surface area (Å²) in [5.41, 5.74) is -0.314. The number of nitrogens with one attached hydrogen (secondary N) is 1. The third-order valence-corrected chi connectivity index (χ3v) is 4.93. The average molecular weight is 341 g/mol.